The van der Waals surface area contributed by atoms with Crippen molar-refractivity contribution in [3.8, 4) is 22.9 Å². The normalized spacial score (nSPS) is 11.6. The van der Waals surface area contributed by atoms with E-state index in [-0.39, 0.29) is 12.2 Å². The van der Waals surface area contributed by atoms with Gasteiger partial charge in [-0.15, -0.1) is 13.2 Å². The molecule has 0 fully saturated rings. The van der Waals surface area contributed by atoms with Crippen molar-refractivity contribution in [2.45, 2.75) is 45.0 Å². The second kappa shape index (κ2) is 11.7. The number of carboxylic acid groups (broad SMARTS) is 1. The third-order valence-corrected chi connectivity index (χ3v) is 5.10. The van der Waals surface area contributed by atoms with Crippen LogP contribution in [0.15, 0.2) is 42.5 Å². The monoisotopic (exact) mass is 480 g/mol. The number of fused-ring (bicyclic) bond motifs is 1. The van der Waals surface area contributed by atoms with E-state index in [1.54, 1.807) is 19.2 Å². The second-order valence-electron chi connectivity index (χ2n) is 7.71. The molecule has 0 spiro atoms. The lowest BCUT2D eigenvalue weighted by atomic mass is 10.2. The van der Waals surface area contributed by atoms with E-state index in [4.69, 9.17) is 19.6 Å². The van der Waals surface area contributed by atoms with Crippen LogP contribution >= 0.6 is 0 Å². The predicted molar refractivity (Wildman–Crippen MR) is 120 cm³/mol. The molecule has 0 atom stereocenters. The van der Waals surface area contributed by atoms with Gasteiger partial charge in [-0.25, -0.2) is 4.98 Å². The van der Waals surface area contributed by atoms with Gasteiger partial charge in [0, 0.05) is 38.3 Å². The van der Waals surface area contributed by atoms with Gasteiger partial charge in [-0.3, -0.25) is 4.79 Å². The van der Waals surface area contributed by atoms with Crippen molar-refractivity contribution in [3.05, 3.63) is 42.5 Å². The number of carbonyl (C=O) groups is 1. The summed E-state index contributed by atoms with van der Waals surface area (Å²) in [5, 5.41) is 8.70. The number of aliphatic carboxylic acids is 1. The molecule has 3 rings (SSSR count). The van der Waals surface area contributed by atoms with Gasteiger partial charge in [0.05, 0.1) is 17.6 Å². The molecule has 34 heavy (non-hydrogen) atoms. The van der Waals surface area contributed by atoms with E-state index < -0.39 is 12.3 Å². The van der Waals surface area contributed by atoms with Crippen molar-refractivity contribution in [3.63, 3.8) is 0 Å². The summed E-state index contributed by atoms with van der Waals surface area (Å²) >= 11 is 0. The highest BCUT2D eigenvalue weighted by atomic mass is 19.4. The average molecular weight is 480 g/mol. The summed E-state index contributed by atoms with van der Waals surface area (Å²) in [7, 11) is 1.62. The van der Waals surface area contributed by atoms with Gasteiger partial charge in [0.1, 0.15) is 17.3 Å². The number of aryl methyl sites for hydroxylation is 1. The predicted octanol–water partition coefficient (Wildman–Crippen LogP) is 5.66. The Morgan fingerprint density at radius 1 is 1.00 bits per heavy atom. The summed E-state index contributed by atoms with van der Waals surface area (Å²) in [5.41, 5.74) is 2.23. The Morgan fingerprint density at radius 2 is 1.74 bits per heavy atom. The molecule has 0 aliphatic heterocycles. The standard InChI is InChI=1S/C24H27F3N2O5/c1-32-14-5-13-29-21-16-19(33-15-4-2-3-6-22(30)31)11-12-20(21)28-23(29)17-7-9-18(10-8-17)34-24(25,26)27/h7-12,16H,2-6,13-15H2,1H3,(H,30,31). The lowest BCUT2D eigenvalue weighted by Gasteiger charge is -2.12. The summed E-state index contributed by atoms with van der Waals surface area (Å²) in [6.07, 6.45) is -1.75. The number of nitrogens with zero attached hydrogens (tertiary/aromatic N) is 2. The van der Waals surface area contributed by atoms with Crippen LogP contribution in [0, 0.1) is 0 Å². The van der Waals surface area contributed by atoms with Gasteiger partial charge < -0.3 is 23.9 Å². The molecule has 0 amide bonds. The molecule has 7 nitrogen and oxygen atoms in total. The van der Waals surface area contributed by atoms with Crippen molar-refractivity contribution in [1.82, 2.24) is 9.55 Å². The van der Waals surface area contributed by atoms with Crippen molar-refractivity contribution in [1.29, 1.82) is 0 Å². The zero-order valence-corrected chi connectivity index (χ0v) is 18.8. The minimum atomic E-state index is -4.75. The molecular formula is C24H27F3N2O5. The zero-order valence-electron chi connectivity index (χ0n) is 18.8. The Labute approximate surface area is 195 Å². The summed E-state index contributed by atoms with van der Waals surface area (Å²) in [6.45, 7) is 1.61. The van der Waals surface area contributed by atoms with Gasteiger partial charge in [0.25, 0.3) is 0 Å². The maximum atomic E-state index is 12.5. The van der Waals surface area contributed by atoms with Crippen molar-refractivity contribution >= 4 is 17.0 Å². The number of methoxy groups -OCH3 is 1. The van der Waals surface area contributed by atoms with Gasteiger partial charge in [-0.2, -0.15) is 0 Å². The van der Waals surface area contributed by atoms with Crippen LogP contribution in [-0.4, -0.2) is 47.3 Å². The quantitative estimate of drug-likeness (QED) is 0.318. The van der Waals surface area contributed by atoms with Crippen LogP contribution in [0.1, 0.15) is 32.1 Å². The van der Waals surface area contributed by atoms with Crippen LogP contribution in [0.5, 0.6) is 11.5 Å². The lowest BCUT2D eigenvalue weighted by molar-refractivity contribution is -0.274. The topological polar surface area (TPSA) is 82.8 Å². The van der Waals surface area contributed by atoms with Crippen LogP contribution < -0.4 is 9.47 Å². The molecule has 0 saturated carbocycles. The summed E-state index contributed by atoms with van der Waals surface area (Å²) in [5.74, 6) is 0.193. The number of benzene rings is 2. The molecule has 184 valence electrons. The maximum absolute atomic E-state index is 12.5. The van der Waals surface area contributed by atoms with Gasteiger partial charge in [0.15, 0.2) is 0 Å². The molecule has 1 aromatic heterocycles. The Bertz CT molecular complexity index is 1080. The lowest BCUT2D eigenvalue weighted by Crippen LogP contribution is -2.17. The molecule has 10 heteroatoms. The first-order valence-electron chi connectivity index (χ1n) is 11.0. The highest BCUT2D eigenvalue weighted by Gasteiger charge is 2.31. The Balaban J connectivity index is 1.79. The van der Waals surface area contributed by atoms with E-state index in [0.29, 0.717) is 43.3 Å². The number of halogens is 3. The Morgan fingerprint density at radius 3 is 2.41 bits per heavy atom. The molecule has 2 aromatic carbocycles. The summed E-state index contributed by atoms with van der Waals surface area (Å²) < 4.78 is 54.4. The van der Waals surface area contributed by atoms with Gasteiger partial charge in [-0.1, -0.05) is 0 Å². The molecule has 0 aliphatic carbocycles. The Hall–Kier alpha value is -3.27. The van der Waals surface area contributed by atoms with E-state index >= 15 is 0 Å². The second-order valence-corrected chi connectivity index (χ2v) is 7.71. The first-order chi connectivity index (χ1) is 16.3. The first-order valence-corrected chi connectivity index (χ1v) is 11.0. The number of hydrogen-bond donors (Lipinski definition) is 1. The number of imidazole rings is 1. The number of alkyl halides is 3. The molecule has 0 unspecified atom stereocenters. The van der Waals surface area contributed by atoms with Crippen LogP contribution in [0.4, 0.5) is 13.2 Å². The fourth-order valence-corrected chi connectivity index (χ4v) is 3.56. The third-order valence-electron chi connectivity index (χ3n) is 5.10. The molecule has 0 radical (unpaired) electrons. The number of unbranched alkanes of at least 4 members (excludes halogenated alkanes) is 2. The number of carboxylic acids is 1. The number of ether oxygens (including phenoxy) is 3. The number of aromatic nitrogens is 2. The minimum absolute atomic E-state index is 0.151. The number of hydrogen-bond acceptors (Lipinski definition) is 5. The highest BCUT2D eigenvalue weighted by molar-refractivity contribution is 5.82. The fourth-order valence-electron chi connectivity index (χ4n) is 3.56. The van der Waals surface area contributed by atoms with E-state index in [2.05, 4.69) is 4.74 Å². The highest BCUT2D eigenvalue weighted by Crippen LogP contribution is 2.30. The van der Waals surface area contributed by atoms with Crippen molar-refractivity contribution in [2.75, 3.05) is 20.3 Å². The molecule has 3 aromatic rings. The SMILES string of the molecule is COCCCn1c(-c2ccc(OC(F)(F)F)cc2)nc2ccc(OCCCCCC(=O)O)cc21. The van der Waals surface area contributed by atoms with E-state index in [0.717, 1.165) is 30.3 Å². The smallest absolute Gasteiger partial charge is 0.494 e. The molecular weight excluding hydrogens is 453 g/mol. The number of rotatable bonds is 13. The largest absolute Gasteiger partial charge is 0.573 e. The molecule has 0 aliphatic rings. The molecule has 1 N–H and O–H groups in total. The molecule has 0 saturated heterocycles. The summed E-state index contributed by atoms with van der Waals surface area (Å²) in [4.78, 5) is 15.3. The van der Waals surface area contributed by atoms with E-state index in [9.17, 15) is 18.0 Å². The van der Waals surface area contributed by atoms with Gasteiger partial charge >= 0.3 is 12.3 Å². The van der Waals surface area contributed by atoms with Crippen LogP contribution in [0.25, 0.3) is 22.4 Å². The van der Waals surface area contributed by atoms with E-state index in [1.165, 1.54) is 12.1 Å². The van der Waals surface area contributed by atoms with Gasteiger partial charge in [-0.05, 0) is 62.1 Å². The van der Waals surface area contributed by atoms with E-state index in [1.807, 2.05) is 22.8 Å². The van der Waals surface area contributed by atoms with Crippen LogP contribution in [-0.2, 0) is 16.1 Å². The van der Waals surface area contributed by atoms with Gasteiger partial charge in [0.2, 0.25) is 0 Å². The minimum Gasteiger partial charge on any atom is -0.494 e. The van der Waals surface area contributed by atoms with Crippen molar-refractivity contribution in [2.24, 2.45) is 0 Å². The molecule has 1 heterocycles. The summed E-state index contributed by atoms with van der Waals surface area (Å²) in [6, 6.07) is 11.2. The van der Waals surface area contributed by atoms with Crippen LogP contribution in [0.2, 0.25) is 0 Å². The third kappa shape index (κ3) is 7.38. The first kappa shape index (κ1) is 25.4. The van der Waals surface area contributed by atoms with Crippen molar-refractivity contribution < 1.29 is 37.3 Å². The zero-order chi connectivity index (χ0) is 24.6. The maximum Gasteiger partial charge on any atom is 0.573 e. The Kier molecular flexibility index (Phi) is 8.75. The average Bonchev–Trinajstić information content (AvgIpc) is 3.13. The fraction of sp³-hybridized carbons (Fsp3) is 0.417. The molecule has 0 bridgehead atoms. The van der Waals surface area contributed by atoms with Crippen LogP contribution in [0.3, 0.4) is 0 Å².